The molecule has 0 bridgehead atoms. The lowest BCUT2D eigenvalue weighted by Gasteiger charge is -2.34. The molecule has 0 aromatic heterocycles. The lowest BCUT2D eigenvalue weighted by molar-refractivity contribution is -0.131. The second-order valence-corrected chi connectivity index (χ2v) is 7.05. The number of carboxylic acid groups (broad SMARTS) is 1. The van der Waals surface area contributed by atoms with Crippen LogP contribution in [0.3, 0.4) is 0 Å². The van der Waals surface area contributed by atoms with E-state index in [1.165, 1.54) is 6.08 Å². The Morgan fingerprint density at radius 1 is 1.60 bits per heavy atom. The topological polar surface area (TPSA) is 40.5 Å². The van der Waals surface area contributed by atoms with Crippen molar-refractivity contribution in [2.75, 3.05) is 23.7 Å². The van der Waals surface area contributed by atoms with Crippen LogP contribution in [0.15, 0.2) is 28.7 Å². The molecule has 2 rings (SSSR count). The predicted molar refractivity (Wildman–Crippen MR) is 89.6 cm³/mol. The highest BCUT2D eigenvalue weighted by Gasteiger charge is 2.20. The zero-order valence-corrected chi connectivity index (χ0v) is 13.8. The zero-order chi connectivity index (χ0) is 14.5. The third kappa shape index (κ3) is 4.03. The number of nitrogens with zero attached hydrogens (tertiary/aromatic N) is 1. The molecular formula is C15H18BrNO2S. The summed E-state index contributed by atoms with van der Waals surface area (Å²) >= 11 is 5.53. The van der Waals surface area contributed by atoms with Crippen LogP contribution >= 0.6 is 27.7 Å². The lowest BCUT2D eigenvalue weighted by atomic mass is 10.1. The summed E-state index contributed by atoms with van der Waals surface area (Å²) in [4.78, 5) is 13.1. The Bertz CT molecular complexity index is 519. The molecule has 3 nitrogen and oxygen atoms in total. The van der Waals surface area contributed by atoms with Crippen molar-refractivity contribution in [1.29, 1.82) is 0 Å². The number of carbonyl (C=O) groups is 1. The molecular weight excluding hydrogens is 338 g/mol. The van der Waals surface area contributed by atoms with Crippen molar-refractivity contribution in [1.82, 2.24) is 0 Å². The van der Waals surface area contributed by atoms with E-state index in [1.54, 1.807) is 6.08 Å². The van der Waals surface area contributed by atoms with Gasteiger partial charge in [0.25, 0.3) is 0 Å². The van der Waals surface area contributed by atoms with Gasteiger partial charge in [-0.1, -0.05) is 28.9 Å². The molecule has 1 atom stereocenters. The maximum absolute atomic E-state index is 10.7. The van der Waals surface area contributed by atoms with Gasteiger partial charge >= 0.3 is 5.97 Å². The Morgan fingerprint density at radius 3 is 3.10 bits per heavy atom. The Labute approximate surface area is 132 Å². The summed E-state index contributed by atoms with van der Waals surface area (Å²) < 4.78 is 1.02. The number of benzene rings is 1. The summed E-state index contributed by atoms with van der Waals surface area (Å²) in [6, 6.07) is 5.98. The van der Waals surface area contributed by atoms with Gasteiger partial charge in [0.2, 0.25) is 0 Å². The molecule has 1 saturated heterocycles. The van der Waals surface area contributed by atoms with Gasteiger partial charge in [-0.15, -0.1) is 0 Å². The van der Waals surface area contributed by atoms with Crippen LogP contribution in [0.1, 0.15) is 18.9 Å². The van der Waals surface area contributed by atoms with Gasteiger partial charge < -0.3 is 10.0 Å². The normalized spacial score (nSPS) is 19.5. The van der Waals surface area contributed by atoms with Crippen LogP contribution in [0.5, 0.6) is 0 Å². The van der Waals surface area contributed by atoms with Crippen LogP contribution in [0.25, 0.3) is 6.08 Å². The number of hydrogen-bond acceptors (Lipinski definition) is 3. The molecule has 0 radical (unpaired) electrons. The van der Waals surface area contributed by atoms with E-state index in [2.05, 4.69) is 33.8 Å². The van der Waals surface area contributed by atoms with Gasteiger partial charge in [0, 0.05) is 40.3 Å². The van der Waals surface area contributed by atoms with Gasteiger partial charge in [-0.25, -0.2) is 4.79 Å². The highest BCUT2D eigenvalue weighted by atomic mass is 79.9. The van der Waals surface area contributed by atoms with Gasteiger partial charge in [0.15, 0.2) is 0 Å². The van der Waals surface area contributed by atoms with Crippen molar-refractivity contribution in [2.45, 2.75) is 18.6 Å². The highest BCUT2D eigenvalue weighted by molar-refractivity contribution is 9.10. The molecule has 1 unspecified atom stereocenters. The smallest absolute Gasteiger partial charge is 0.328 e. The Kier molecular flexibility index (Phi) is 5.54. The largest absolute Gasteiger partial charge is 0.478 e. The van der Waals surface area contributed by atoms with Crippen LogP contribution in [-0.4, -0.2) is 35.2 Å². The number of hydrogen-bond donors (Lipinski definition) is 1. The van der Waals surface area contributed by atoms with Crippen LogP contribution in [0.4, 0.5) is 5.69 Å². The number of halogens is 1. The Morgan fingerprint density at radius 2 is 2.40 bits per heavy atom. The number of carboxylic acids is 1. The maximum Gasteiger partial charge on any atom is 0.328 e. The molecule has 5 heteroatoms. The minimum Gasteiger partial charge on any atom is -0.478 e. The first kappa shape index (κ1) is 15.4. The molecule has 0 amide bonds. The summed E-state index contributed by atoms with van der Waals surface area (Å²) in [6.07, 6.45) is 4.03. The molecule has 108 valence electrons. The molecule has 0 saturated carbocycles. The molecule has 20 heavy (non-hydrogen) atoms. The van der Waals surface area contributed by atoms with Crippen LogP contribution in [0, 0.1) is 0 Å². The molecule has 1 aromatic rings. The van der Waals surface area contributed by atoms with Gasteiger partial charge in [-0.05, 0) is 30.2 Å². The quantitative estimate of drug-likeness (QED) is 0.832. The minimum atomic E-state index is -0.917. The molecule has 1 fully saturated rings. The van der Waals surface area contributed by atoms with Gasteiger partial charge in [-0.3, -0.25) is 0 Å². The average Bonchev–Trinajstić information content (AvgIpc) is 2.46. The first-order valence-corrected chi connectivity index (χ1v) is 8.51. The summed E-state index contributed by atoms with van der Waals surface area (Å²) in [6.45, 7) is 4.24. The van der Waals surface area contributed by atoms with Crippen LogP contribution < -0.4 is 4.90 Å². The summed E-state index contributed by atoms with van der Waals surface area (Å²) in [5, 5.41) is 9.45. The fourth-order valence-corrected chi connectivity index (χ4v) is 3.81. The zero-order valence-electron chi connectivity index (χ0n) is 11.4. The van der Waals surface area contributed by atoms with E-state index in [0.29, 0.717) is 5.25 Å². The second-order valence-electron chi connectivity index (χ2n) is 4.72. The van der Waals surface area contributed by atoms with Crippen LogP contribution in [0.2, 0.25) is 0 Å². The van der Waals surface area contributed by atoms with E-state index >= 15 is 0 Å². The number of aliphatic carboxylic acids is 1. The minimum absolute atomic E-state index is 0.652. The summed E-state index contributed by atoms with van der Waals surface area (Å²) in [5.41, 5.74) is 2.06. The average molecular weight is 356 g/mol. The van der Waals surface area contributed by atoms with E-state index in [9.17, 15) is 4.79 Å². The SMILES string of the molecule is CCC1CN(c2cc(Br)ccc2/C=C/C(=O)O)CCS1. The first-order chi connectivity index (χ1) is 9.60. The maximum atomic E-state index is 10.7. The molecule has 1 heterocycles. The van der Waals surface area contributed by atoms with Gasteiger partial charge in [0.05, 0.1) is 0 Å². The van der Waals surface area contributed by atoms with Crippen molar-refractivity contribution in [2.24, 2.45) is 0 Å². The van der Waals surface area contributed by atoms with E-state index in [0.717, 1.165) is 41.0 Å². The summed E-state index contributed by atoms with van der Waals surface area (Å²) in [7, 11) is 0. The van der Waals surface area contributed by atoms with Crippen molar-refractivity contribution in [3.63, 3.8) is 0 Å². The third-order valence-electron chi connectivity index (χ3n) is 3.33. The molecule has 1 aliphatic rings. The molecule has 0 spiro atoms. The monoisotopic (exact) mass is 355 g/mol. The first-order valence-electron chi connectivity index (χ1n) is 6.67. The Balaban J connectivity index is 2.28. The molecule has 0 aliphatic carbocycles. The van der Waals surface area contributed by atoms with E-state index < -0.39 is 5.97 Å². The second kappa shape index (κ2) is 7.18. The van der Waals surface area contributed by atoms with Crippen molar-refractivity contribution < 1.29 is 9.90 Å². The van der Waals surface area contributed by atoms with E-state index in [4.69, 9.17) is 5.11 Å². The van der Waals surface area contributed by atoms with Crippen molar-refractivity contribution in [3.05, 3.63) is 34.3 Å². The fraction of sp³-hybridized carbons (Fsp3) is 0.400. The lowest BCUT2D eigenvalue weighted by Crippen LogP contribution is -2.38. The summed E-state index contributed by atoms with van der Waals surface area (Å²) in [5.74, 6) is 0.201. The van der Waals surface area contributed by atoms with Gasteiger partial charge in [-0.2, -0.15) is 11.8 Å². The molecule has 1 aromatic carbocycles. The van der Waals surface area contributed by atoms with Crippen molar-refractivity contribution in [3.8, 4) is 0 Å². The number of anilines is 1. The molecule has 1 N–H and O–H groups in total. The highest BCUT2D eigenvalue weighted by Crippen LogP contribution is 2.31. The number of thioether (sulfide) groups is 1. The third-order valence-corrected chi connectivity index (χ3v) is 5.20. The van der Waals surface area contributed by atoms with E-state index in [1.807, 2.05) is 23.9 Å². The standard InChI is InChI=1S/C15H18BrNO2S/c1-2-13-10-17(7-8-20-13)14-9-12(16)5-3-11(14)4-6-15(18)19/h3-6,9,13H,2,7-8,10H2,1H3,(H,18,19)/b6-4+. The number of rotatable bonds is 4. The molecule has 1 aliphatic heterocycles. The van der Waals surface area contributed by atoms with Gasteiger partial charge in [0.1, 0.15) is 0 Å². The predicted octanol–water partition coefficient (Wildman–Crippen LogP) is 3.88. The van der Waals surface area contributed by atoms with Crippen LogP contribution in [-0.2, 0) is 4.79 Å². The van der Waals surface area contributed by atoms with E-state index in [-0.39, 0.29) is 0 Å². The fourth-order valence-electron chi connectivity index (χ4n) is 2.28. The Hall–Kier alpha value is -0.940. The van der Waals surface area contributed by atoms with Crippen molar-refractivity contribution >= 4 is 45.4 Å².